The lowest BCUT2D eigenvalue weighted by Gasteiger charge is -2.33. The number of carbonyl (C=O) groups is 1. The van der Waals surface area contributed by atoms with Crippen LogP contribution in [0.2, 0.25) is 0 Å². The molecule has 0 radical (unpaired) electrons. The molecule has 1 saturated heterocycles. The number of likely N-dealkylation sites (N-methyl/N-ethyl adjacent to an activating group) is 1. The average Bonchev–Trinajstić information content (AvgIpc) is 3.34. The molecule has 7 nitrogen and oxygen atoms in total. The Kier molecular flexibility index (Phi) is 9.00. The van der Waals surface area contributed by atoms with Gasteiger partial charge >= 0.3 is 0 Å². The van der Waals surface area contributed by atoms with E-state index in [-0.39, 0.29) is 11.8 Å². The molecule has 0 spiro atoms. The molecular weight excluding hydrogens is 504 g/mol. The van der Waals surface area contributed by atoms with Crippen molar-refractivity contribution in [3.05, 3.63) is 53.6 Å². The van der Waals surface area contributed by atoms with Crippen LogP contribution >= 0.6 is 11.3 Å². The van der Waals surface area contributed by atoms with E-state index >= 15 is 0 Å². The fourth-order valence-corrected chi connectivity index (χ4v) is 7.33. The molecule has 0 bridgehead atoms. The number of fused-ring (bicyclic) bond motifs is 1. The Labute approximate surface area is 225 Å². The van der Waals surface area contributed by atoms with Crippen molar-refractivity contribution in [1.82, 2.24) is 14.2 Å². The van der Waals surface area contributed by atoms with Crippen molar-refractivity contribution < 1.29 is 13.2 Å². The van der Waals surface area contributed by atoms with E-state index in [1.54, 1.807) is 23.5 Å². The van der Waals surface area contributed by atoms with Crippen molar-refractivity contribution in [2.75, 3.05) is 44.2 Å². The van der Waals surface area contributed by atoms with Gasteiger partial charge in [-0.2, -0.15) is 4.31 Å². The second-order valence-corrected chi connectivity index (χ2v) is 12.6. The zero-order valence-corrected chi connectivity index (χ0v) is 23.9. The van der Waals surface area contributed by atoms with Gasteiger partial charge in [0.05, 0.1) is 15.1 Å². The minimum absolute atomic E-state index is 0.0503. The highest BCUT2D eigenvalue weighted by atomic mass is 32.2. The fourth-order valence-electron chi connectivity index (χ4n) is 4.80. The monoisotopic (exact) mass is 542 g/mol. The topological polar surface area (TPSA) is 73.8 Å². The van der Waals surface area contributed by atoms with Crippen LogP contribution in [0.15, 0.2) is 47.4 Å². The van der Waals surface area contributed by atoms with Gasteiger partial charge in [-0.05, 0) is 69.1 Å². The van der Waals surface area contributed by atoms with Gasteiger partial charge in [0.15, 0.2) is 5.13 Å². The summed E-state index contributed by atoms with van der Waals surface area (Å²) in [6.45, 7) is 12.2. The van der Waals surface area contributed by atoms with Crippen molar-refractivity contribution in [3.63, 3.8) is 0 Å². The summed E-state index contributed by atoms with van der Waals surface area (Å²) >= 11 is 1.57. The van der Waals surface area contributed by atoms with Gasteiger partial charge in [0.25, 0.3) is 0 Å². The maximum atomic E-state index is 13.9. The van der Waals surface area contributed by atoms with Gasteiger partial charge in [-0.25, -0.2) is 13.4 Å². The second-order valence-electron chi connectivity index (χ2n) is 9.66. The Morgan fingerprint density at radius 1 is 1.03 bits per heavy atom. The normalized spacial score (nSPS) is 15.5. The first-order valence-electron chi connectivity index (χ1n) is 13.3. The van der Waals surface area contributed by atoms with E-state index in [9.17, 15) is 13.2 Å². The summed E-state index contributed by atoms with van der Waals surface area (Å²) in [5, 5.41) is 0.732. The number of rotatable bonds is 10. The number of amides is 1. The lowest BCUT2D eigenvalue weighted by Crippen LogP contribution is -2.46. The number of aromatic nitrogens is 1. The molecule has 2 aromatic carbocycles. The van der Waals surface area contributed by atoms with Crippen molar-refractivity contribution in [2.45, 2.75) is 51.9 Å². The van der Waals surface area contributed by atoms with Crippen LogP contribution in [0.5, 0.6) is 0 Å². The van der Waals surface area contributed by atoms with E-state index in [4.69, 9.17) is 4.98 Å². The highest BCUT2D eigenvalue weighted by Gasteiger charge is 2.35. The molecule has 37 heavy (non-hydrogen) atoms. The maximum absolute atomic E-state index is 13.9. The summed E-state index contributed by atoms with van der Waals surface area (Å²) in [6.07, 6.45) is 1.98. The van der Waals surface area contributed by atoms with Crippen LogP contribution in [0.4, 0.5) is 5.13 Å². The number of nitrogens with zero attached hydrogens (tertiary/aromatic N) is 4. The summed E-state index contributed by atoms with van der Waals surface area (Å²) in [5.74, 6) is -0.173. The number of anilines is 1. The van der Waals surface area contributed by atoms with E-state index in [1.165, 1.54) is 9.87 Å². The van der Waals surface area contributed by atoms with Crippen LogP contribution in [-0.4, -0.2) is 67.8 Å². The van der Waals surface area contributed by atoms with Gasteiger partial charge in [0.1, 0.15) is 0 Å². The van der Waals surface area contributed by atoms with E-state index < -0.39 is 10.0 Å². The third-order valence-electron chi connectivity index (χ3n) is 7.34. The molecule has 1 amide bonds. The summed E-state index contributed by atoms with van der Waals surface area (Å²) in [4.78, 5) is 23.2. The lowest BCUT2D eigenvalue weighted by molar-refractivity contribution is -0.123. The first-order chi connectivity index (χ1) is 17.8. The van der Waals surface area contributed by atoms with E-state index in [0.717, 1.165) is 47.0 Å². The highest BCUT2D eigenvalue weighted by molar-refractivity contribution is 7.89. The number of carbonyl (C=O) groups excluding carboxylic acids is 1. The fraction of sp³-hybridized carbons (Fsp3) is 0.500. The zero-order chi connectivity index (χ0) is 26.6. The number of thiazole rings is 1. The molecule has 200 valence electrons. The molecule has 0 saturated carbocycles. The van der Waals surface area contributed by atoms with Crippen LogP contribution in [0.3, 0.4) is 0 Å². The maximum Gasteiger partial charge on any atom is 0.243 e. The van der Waals surface area contributed by atoms with Crippen LogP contribution in [0, 0.1) is 12.8 Å². The zero-order valence-electron chi connectivity index (χ0n) is 22.3. The summed E-state index contributed by atoms with van der Waals surface area (Å²) in [6, 6.07) is 13.3. The van der Waals surface area contributed by atoms with Crippen molar-refractivity contribution in [1.29, 1.82) is 0 Å². The average molecular weight is 543 g/mol. The number of aryl methyl sites for hydroxylation is 2. The Hall–Kier alpha value is -2.33. The molecular formula is C28H38N4O3S2. The molecule has 4 rings (SSSR count). The van der Waals surface area contributed by atoms with Crippen molar-refractivity contribution >= 4 is 42.6 Å². The minimum atomic E-state index is -3.56. The standard InChI is InChI=1S/C28H38N4O3S2/c1-5-22-10-13-25-26(20-22)36-28(29-25)32(19-18-30(6-2)7-3)27(33)23-14-16-31(17-15-23)37(34,35)24-11-8-21(4)9-12-24/h8-13,20,23H,5-7,14-19H2,1-4H3. The van der Waals surface area contributed by atoms with Crippen LogP contribution in [-0.2, 0) is 21.2 Å². The molecule has 0 N–H and O–H groups in total. The first kappa shape index (κ1) is 27.7. The highest BCUT2D eigenvalue weighted by Crippen LogP contribution is 2.32. The lowest BCUT2D eigenvalue weighted by atomic mass is 9.96. The Bertz CT molecular complexity index is 1310. The van der Waals surface area contributed by atoms with Crippen LogP contribution < -0.4 is 4.90 Å². The van der Waals surface area contributed by atoms with E-state index in [2.05, 4.69) is 37.8 Å². The number of hydrogen-bond acceptors (Lipinski definition) is 6. The second kappa shape index (κ2) is 12.0. The predicted molar refractivity (Wildman–Crippen MR) is 152 cm³/mol. The quantitative estimate of drug-likeness (QED) is 0.363. The summed E-state index contributed by atoms with van der Waals surface area (Å²) in [7, 11) is -3.56. The Morgan fingerprint density at radius 2 is 1.70 bits per heavy atom. The number of hydrogen-bond donors (Lipinski definition) is 0. The molecule has 9 heteroatoms. The van der Waals surface area contributed by atoms with Gasteiger partial charge in [0, 0.05) is 32.1 Å². The molecule has 1 aliphatic rings. The van der Waals surface area contributed by atoms with Gasteiger partial charge in [-0.15, -0.1) is 0 Å². The molecule has 1 aromatic heterocycles. The molecule has 3 aromatic rings. The molecule has 2 heterocycles. The SMILES string of the molecule is CCc1ccc2nc(N(CCN(CC)CC)C(=O)C3CCN(S(=O)(=O)c4ccc(C)cc4)CC3)sc2c1. The van der Waals surface area contributed by atoms with E-state index in [0.29, 0.717) is 37.4 Å². The molecule has 0 aliphatic carbocycles. The van der Waals surface area contributed by atoms with Crippen molar-refractivity contribution in [2.24, 2.45) is 5.92 Å². The van der Waals surface area contributed by atoms with Gasteiger partial charge in [-0.3, -0.25) is 9.69 Å². The van der Waals surface area contributed by atoms with Gasteiger partial charge < -0.3 is 4.90 Å². The number of sulfonamides is 1. The molecule has 1 aliphatic heterocycles. The number of benzene rings is 2. The minimum Gasteiger partial charge on any atom is -0.302 e. The number of piperidine rings is 1. The first-order valence-corrected chi connectivity index (χ1v) is 15.5. The molecule has 0 atom stereocenters. The van der Waals surface area contributed by atoms with Crippen molar-refractivity contribution in [3.8, 4) is 0 Å². The largest absolute Gasteiger partial charge is 0.302 e. The Morgan fingerprint density at radius 3 is 2.32 bits per heavy atom. The van der Waals surface area contributed by atoms with Crippen LogP contribution in [0.1, 0.15) is 44.7 Å². The summed E-state index contributed by atoms with van der Waals surface area (Å²) < 4.78 is 28.9. The smallest absolute Gasteiger partial charge is 0.243 e. The predicted octanol–water partition coefficient (Wildman–Crippen LogP) is 4.94. The van der Waals surface area contributed by atoms with Gasteiger partial charge in [-0.1, -0.05) is 55.9 Å². The third-order valence-corrected chi connectivity index (χ3v) is 10.3. The third kappa shape index (κ3) is 6.22. The molecule has 0 unspecified atom stereocenters. The van der Waals surface area contributed by atoms with Gasteiger partial charge in [0.2, 0.25) is 15.9 Å². The summed E-state index contributed by atoms with van der Waals surface area (Å²) in [5.41, 5.74) is 3.19. The molecule has 1 fully saturated rings. The van der Waals surface area contributed by atoms with Crippen LogP contribution in [0.25, 0.3) is 10.2 Å². The Balaban J connectivity index is 1.52. The van der Waals surface area contributed by atoms with E-state index in [1.807, 2.05) is 30.0 Å².